The molecule has 1 aromatic carbocycles. The summed E-state index contributed by atoms with van der Waals surface area (Å²) in [6.07, 6.45) is 2.14. The molecule has 0 aliphatic heterocycles. The number of aryl methyl sites for hydroxylation is 2. The second kappa shape index (κ2) is 5.04. The molecule has 0 N–H and O–H groups in total. The van der Waals surface area contributed by atoms with Crippen molar-refractivity contribution in [3.05, 3.63) is 47.3 Å². The van der Waals surface area contributed by atoms with E-state index in [2.05, 4.69) is 5.10 Å². The SMILES string of the molecule is COc1cc(C(=O)Cc2ccn(C)n2)ccc1C. The van der Waals surface area contributed by atoms with E-state index in [9.17, 15) is 4.79 Å². The van der Waals surface area contributed by atoms with Crippen molar-refractivity contribution in [3.8, 4) is 5.75 Å². The molecule has 0 aliphatic rings. The van der Waals surface area contributed by atoms with Crippen LogP contribution in [0.4, 0.5) is 0 Å². The summed E-state index contributed by atoms with van der Waals surface area (Å²) in [5.41, 5.74) is 2.46. The number of methoxy groups -OCH3 is 1. The van der Waals surface area contributed by atoms with Crippen LogP contribution in [0.3, 0.4) is 0 Å². The normalized spacial score (nSPS) is 10.4. The summed E-state index contributed by atoms with van der Waals surface area (Å²) in [5, 5.41) is 4.20. The quantitative estimate of drug-likeness (QED) is 0.774. The first-order chi connectivity index (χ1) is 8.60. The van der Waals surface area contributed by atoms with Crippen molar-refractivity contribution in [2.45, 2.75) is 13.3 Å². The van der Waals surface area contributed by atoms with E-state index in [1.165, 1.54) is 0 Å². The Labute approximate surface area is 106 Å². The summed E-state index contributed by atoms with van der Waals surface area (Å²) in [5.74, 6) is 0.786. The van der Waals surface area contributed by atoms with E-state index >= 15 is 0 Å². The fraction of sp³-hybridized carbons (Fsp3) is 0.286. The lowest BCUT2D eigenvalue weighted by molar-refractivity contribution is 0.0991. The van der Waals surface area contributed by atoms with E-state index in [-0.39, 0.29) is 5.78 Å². The molecule has 4 heteroatoms. The smallest absolute Gasteiger partial charge is 0.169 e. The highest BCUT2D eigenvalue weighted by molar-refractivity contribution is 5.97. The Morgan fingerprint density at radius 1 is 1.39 bits per heavy atom. The van der Waals surface area contributed by atoms with Gasteiger partial charge >= 0.3 is 0 Å². The van der Waals surface area contributed by atoms with Crippen LogP contribution in [-0.2, 0) is 13.5 Å². The molecule has 1 heterocycles. The molecule has 0 atom stereocenters. The monoisotopic (exact) mass is 244 g/mol. The standard InChI is InChI=1S/C14H16N2O2/c1-10-4-5-11(8-14(10)18-3)13(17)9-12-6-7-16(2)15-12/h4-8H,9H2,1-3H3. The zero-order chi connectivity index (χ0) is 13.1. The van der Waals surface area contributed by atoms with Crippen LogP contribution >= 0.6 is 0 Å². The minimum atomic E-state index is 0.0481. The summed E-state index contributed by atoms with van der Waals surface area (Å²) in [6, 6.07) is 7.34. The van der Waals surface area contributed by atoms with Crippen molar-refractivity contribution in [3.63, 3.8) is 0 Å². The summed E-state index contributed by atoms with van der Waals surface area (Å²) in [4.78, 5) is 12.1. The van der Waals surface area contributed by atoms with Gasteiger partial charge in [-0.3, -0.25) is 9.48 Å². The molecule has 0 saturated heterocycles. The van der Waals surface area contributed by atoms with Gasteiger partial charge in [0.25, 0.3) is 0 Å². The second-order valence-electron chi connectivity index (χ2n) is 4.27. The lowest BCUT2D eigenvalue weighted by atomic mass is 10.0. The maximum Gasteiger partial charge on any atom is 0.169 e. The van der Waals surface area contributed by atoms with Gasteiger partial charge in [-0.05, 0) is 24.6 Å². The number of Topliss-reactive ketones (excluding diaryl/α,β-unsaturated/α-hetero) is 1. The number of ketones is 1. The average molecular weight is 244 g/mol. The van der Waals surface area contributed by atoms with Crippen LogP contribution in [0.15, 0.2) is 30.5 Å². The summed E-state index contributed by atoms with van der Waals surface area (Å²) in [7, 11) is 3.44. The fourth-order valence-electron chi connectivity index (χ4n) is 1.82. The molecule has 2 rings (SSSR count). The zero-order valence-electron chi connectivity index (χ0n) is 10.8. The van der Waals surface area contributed by atoms with Crippen molar-refractivity contribution in [2.75, 3.05) is 7.11 Å². The van der Waals surface area contributed by atoms with Crippen molar-refractivity contribution < 1.29 is 9.53 Å². The number of nitrogens with zero attached hydrogens (tertiary/aromatic N) is 2. The molecule has 18 heavy (non-hydrogen) atoms. The van der Waals surface area contributed by atoms with E-state index in [1.54, 1.807) is 17.9 Å². The molecule has 1 aromatic heterocycles. The number of rotatable bonds is 4. The van der Waals surface area contributed by atoms with Gasteiger partial charge in [0.1, 0.15) is 5.75 Å². The van der Waals surface area contributed by atoms with Gasteiger partial charge in [0.15, 0.2) is 5.78 Å². The first kappa shape index (κ1) is 12.4. The first-order valence-corrected chi connectivity index (χ1v) is 5.76. The van der Waals surface area contributed by atoms with Crippen LogP contribution in [0.25, 0.3) is 0 Å². The lowest BCUT2D eigenvalue weighted by Crippen LogP contribution is -2.05. The van der Waals surface area contributed by atoms with Crippen LogP contribution in [0, 0.1) is 6.92 Å². The Morgan fingerprint density at radius 3 is 2.78 bits per heavy atom. The number of aromatic nitrogens is 2. The van der Waals surface area contributed by atoms with Crippen molar-refractivity contribution >= 4 is 5.78 Å². The van der Waals surface area contributed by atoms with E-state index in [4.69, 9.17) is 4.74 Å². The number of carbonyl (C=O) groups is 1. The molecule has 4 nitrogen and oxygen atoms in total. The van der Waals surface area contributed by atoms with Gasteiger partial charge in [-0.25, -0.2) is 0 Å². The Balaban J connectivity index is 2.18. The van der Waals surface area contributed by atoms with Gasteiger partial charge in [-0.15, -0.1) is 0 Å². The largest absolute Gasteiger partial charge is 0.496 e. The van der Waals surface area contributed by atoms with Gasteiger partial charge in [-0.2, -0.15) is 5.10 Å². The summed E-state index contributed by atoms with van der Waals surface area (Å²) < 4.78 is 6.91. The van der Waals surface area contributed by atoms with E-state index < -0.39 is 0 Å². The molecular formula is C14H16N2O2. The Hall–Kier alpha value is -2.10. The van der Waals surface area contributed by atoms with Crippen molar-refractivity contribution in [1.82, 2.24) is 9.78 Å². The molecule has 0 amide bonds. The number of carbonyl (C=O) groups excluding carboxylic acids is 1. The lowest BCUT2D eigenvalue weighted by Gasteiger charge is -2.06. The molecule has 0 aliphatic carbocycles. The average Bonchev–Trinajstić information content (AvgIpc) is 2.75. The maximum absolute atomic E-state index is 12.1. The Morgan fingerprint density at radius 2 is 2.17 bits per heavy atom. The predicted octanol–water partition coefficient (Wildman–Crippen LogP) is 2.16. The number of ether oxygens (including phenoxy) is 1. The van der Waals surface area contributed by atoms with E-state index in [0.717, 1.165) is 17.0 Å². The Bertz CT molecular complexity index is 573. The van der Waals surface area contributed by atoms with E-state index in [0.29, 0.717) is 12.0 Å². The molecule has 2 aromatic rings. The van der Waals surface area contributed by atoms with Crippen LogP contribution < -0.4 is 4.74 Å². The van der Waals surface area contributed by atoms with Crippen molar-refractivity contribution in [1.29, 1.82) is 0 Å². The van der Waals surface area contributed by atoms with Crippen LogP contribution in [-0.4, -0.2) is 22.7 Å². The van der Waals surface area contributed by atoms with Gasteiger partial charge in [0.2, 0.25) is 0 Å². The molecule has 0 unspecified atom stereocenters. The number of hydrogen-bond acceptors (Lipinski definition) is 3. The second-order valence-corrected chi connectivity index (χ2v) is 4.27. The van der Waals surface area contributed by atoms with Crippen molar-refractivity contribution in [2.24, 2.45) is 7.05 Å². The van der Waals surface area contributed by atoms with Gasteiger partial charge in [0, 0.05) is 18.8 Å². The van der Waals surface area contributed by atoms with Gasteiger partial charge in [0.05, 0.1) is 19.2 Å². The zero-order valence-corrected chi connectivity index (χ0v) is 10.8. The molecule has 0 saturated carbocycles. The topological polar surface area (TPSA) is 44.1 Å². The summed E-state index contributed by atoms with van der Waals surface area (Å²) in [6.45, 7) is 1.95. The number of hydrogen-bond donors (Lipinski definition) is 0. The third-order valence-electron chi connectivity index (χ3n) is 2.84. The van der Waals surface area contributed by atoms with Gasteiger partial charge < -0.3 is 4.74 Å². The first-order valence-electron chi connectivity index (χ1n) is 5.76. The predicted molar refractivity (Wildman–Crippen MR) is 69.0 cm³/mol. The third kappa shape index (κ3) is 2.59. The number of benzene rings is 1. The minimum absolute atomic E-state index is 0.0481. The van der Waals surface area contributed by atoms with Gasteiger partial charge in [-0.1, -0.05) is 12.1 Å². The molecule has 0 fully saturated rings. The van der Waals surface area contributed by atoms with E-state index in [1.807, 2.05) is 38.4 Å². The Kier molecular flexibility index (Phi) is 3.46. The molecule has 0 spiro atoms. The highest BCUT2D eigenvalue weighted by Crippen LogP contribution is 2.19. The molecular weight excluding hydrogens is 228 g/mol. The molecule has 0 radical (unpaired) electrons. The molecule has 0 bridgehead atoms. The summed E-state index contributed by atoms with van der Waals surface area (Å²) >= 11 is 0. The third-order valence-corrected chi connectivity index (χ3v) is 2.84. The van der Waals surface area contributed by atoms with Crippen LogP contribution in [0.1, 0.15) is 21.6 Å². The maximum atomic E-state index is 12.1. The minimum Gasteiger partial charge on any atom is -0.496 e. The fourth-order valence-corrected chi connectivity index (χ4v) is 1.82. The molecule has 94 valence electrons. The van der Waals surface area contributed by atoms with Crippen LogP contribution in [0.5, 0.6) is 5.75 Å². The highest BCUT2D eigenvalue weighted by atomic mass is 16.5. The van der Waals surface area contributed by atoms with Crippen LogP contribution in [0.2, 0.25) is 0 Å². The highest BCUT2D eigenvalue weighted by Gasteiger charge is 2.11.